The number of aryl methyl sites for hydroxylation is 3. The van der Waals surface area contributed by atoms with Gasteiger partial charge in [0.1, 0.15) is 16.7 Å². The third-order valence-electron chi connectivity index (χ3n) is 5.33. The number of nitriles is 1. The van der Waals surface area contributed by atoms with Gasteiger partial charge in [0.25, 0.3) is 5.91 Å². The maximum Gasteiger partial charge on any atom is 0.264 e. The van der Waals surface area contributed by atoms with Gasteiger partial charge in [0.05, 0.1) is 5.25 Å². The van der Waals surface area contributed by atoms with Crippen molar-refractivity contribution in [2.45, 2.75) is 38.9 Å². The van der Waals surface area contributed by atoms with E-state index in [1.54, 1.807) is 0 Å². The second-order valence-corrected chi connectivity index (χ2v) is 8.49. The third-order valence-corrected chi connectivity index (χ3v) is 6.60. The Kier molecular flexibility index (Phi) is 6.63. The number of likely N-dealkylation sites (N-methyl/N-ethyl adjacent to an activating group) is 1. The summed E-state index contributed by atoms with van der Waals surface area (Å²) < 4.78 is 0. The van der Waals surface area contributed by atoms with Crippen LogP contribution in [0.1, 0.15) is 29.2 Å². The van der Waals surface area contributed by atoms with Gasteiger partial charge in [-0.1, -0.05) is 49.0 Å². The van der Waals surface area contributed by atoms with Crippen LogP contribution in [0.2, 0.25) is 0 Å². The number of thioether (sulfide) groups is 1. The first-order valence-corrected chi connectivity index (χ1v) is 10.8. The average Bonchev–Trinajstić information content (AvgIpc) is 3.06. The molecule has 0 aliphatic carbocycles. The molecule has 0 spiro atoms. The van der Waals surface area contributed by atoms with Gasteiger partial charge >= 0.3 is 0 Å². The van der Waals surface area contributed by atoms with Crippen molar-refractivity contribution < 1.29 is 9.59 Å². The molecule has 1 saturated heterocycles. The van der Waals surface area contributed by atoms with E-state index in [1.165, 1.54) is 29.3 Å². The summed E-state index contributed by atoms with van der Waals surface area (Å²) >= 11 is 1.29. The van der Waals surface area contributed by atoms with E-state index >= 15 is 0 Å². The van der Waals surface area contributed by atoms with E-state index in [-0.39, 0.29) is 11.5 Å². The molecule has 6 heteroatoms. The molecule has 0 aromatic heterocycles. The number of anilines is 1. The molecule has 154 valence electrons. The average molecular weight is 420 g/mol. The summed E-state index contributed by atoms with van der Waals surface area (Å²) in [5, 5.41) is 12.1. The van der Waals surface area contributed by atoms with Crippen LogP contribution in [0.25, 0.3) is 0 Å². The van der Waals surface area contributed by atoms with Crippen molar-refractivity contribution in [3.8, 4) is 6.07 Å². The Bertz CT molecular complexity index is 1050. The molecule has 1 aliphatic rings. The summed E-state index contributed by atoms with van der Waals surface area (Å²) in [7, 11) is 1.48. The van der Waals surface area contributed by atoms with Crippen molar-refractivity contribution in [2.75, 3.05) is 11.9 Å². The zero-order valence-electron chi connectivity index (χ0n) is 17.7. The van der Waals surface area contributed by atoms with Crippen LogP contribution in [-0.4, -0.2) is 24.1 Å². The number of nitrogens with zero attached hydrogens (tertiary/aromatic N) is 2. The van der Waals surface area contributed by atoms with E-state index in [2.05, 4.69) is 24.4 Å². The number of hydrogen-bond acceptors (Lipinski definition) is 4. The first-order valence-electron chi connectivity index (χ1n) is 9.91. The van der Waals surface area contributed by atoms with E-state index in [9.17, 15) is 14.9 Å². The quantitative estimate of drug-likeness (QED) is 0.586. The highest BCUT2D eigenvalue weighted by Gasteiger charge is 2.40. The predicted molar refractivity (Wildman–Crippen MR) is 121 cm³/mol. The highest BCUT2D eigenvalue weighted by Crippen LogP contribution is 2.42. The van der Waals surface area contributed by atoms with Gasteiger partial charge in [0.15, 0.2) is 0 Å². The van der Waals surface area contributed by atoms with E-state index in [1.807, 2.05) is 50.2 Å². The molecular weight excluding hydrogens is 394 g/mol. The molecule has 2 aromatic rings. The second-order valence-electron chi connectivity index (χ2n) is 7.29. The van der Waals surface area contributed by atoms with E-state index in [0.29, 0.717) is 17.1 Å². The van der Waals surface area contributed by atoms with E-state index in [0.717, 1.165) is 23.1 Å². The molecule has 0 bridgehead atoms. The van der Waals surface area contributed by atoms with Gasteiger partial charge in [-0.3, -0.25) is 14.5 Å². The van der Waals surface area contributed by atoms with Crippen LogP contribution in [0.4, 0.5) is 5.69 Å². The molecule has 3 rings (SSSR count). The number of rotatable bonds is 5. The fourth-order valence-electron chi connectivity index (χ4n) is 3.34. The van der Waals surface area contributed by atoms with Crippen molar-refractivity contribution in [3.05, 3.63) is 75.3 Å². The van der Waals surface area contributed by atoms with Crippen molar-refractivity contribution in [1.29, 1.82) is 5.26 Å². The summed E-state index contributed by atoms with van der Waals surface area (Å²) in [6.07, 6.45) is 1.49. The van der Waals surface area contributed by atoms with Crippen LogP contribution in [0.15, 0.2) is 53.1 Å². The molecule has 1 N–H and O–H groups in total. The fraction of sp³-hybridized carbons (Fsp3) is 0.292. The van der Waals surface area contributed by atoms with Gasteiger partial charge in [0.2, 0.25) is 5.91 Å². The van der Waals surface area contributed by atoms with Crippen LogP contribution >= 0.6 is 11.8 Å². The molecular formula is C24H25N3O2S. The third kappa shape index (κ3) is 4.27. The van der Waals surface area contributed by atoms with Gasteiger partial charge < -0.3 is 5.32 Å². The van der Waals surface area contributed by atoms with Crippen LogP contribution in [-0.2, 0) is 22.4 Å². The van der Waals surface area contributed by atoms with Crippen LogP contribution in [0.3, 0.4) is 0 Å². The van der Waals surface area contributed by atoms with Crippen LogP contribution in [0.5, 0.6) is 0 Å². The van der Waals surface area contributed by atoms with Gasteiger partial charge in [-0.05, 0) is 61.1 Å². The Balaban J connectivity index is 2.03. The Hall–Kier alpha value is -3.04. The largest absolute Gasteiger partial charge is 0.354 e. The zero-order valence-corrected chi connectivity index (χ0v) is 18.5. The van der Waals surface area contributed by atoms with Gasteiger partial charge in [0, 0.05) is 12.7 Å². The standard InChI is InChI=1S/C24H25N3O2S/c1-5-17-7-9-18(10-8-17)13-21-23(29)27(19-11-6-15(2)16(3)12-19)24(30-21)20(14-25)22(28)26-4/h6-12,21H,5,13H2,1-4H3,(H,26,28)/b24-20-. The lowest BCUT2D eigenvalue weighted by Gasteiger charge is -2.19. The van der Waals surface area contributed by atoms with E-state index in [4.69, 9.17) is 0 Å². The maximum atomic E-state index is 13.4. The normalized spacial score (nSPS) is 17.6. The van der Waals surface area contributed by atoms with Gasteiger partial charge in [-0.2, -0.15) is 5.26 Å². The number of hydrogen-bond donors (Lipinski definition) is 1. The molecule has 5 nitrogen and oxygen atoms in total. The second kappa shape index (κ2) is 9.19. The minimum Gasteiger partial charge on any atom is -0.354 e. The lowest BCUT2D eigenvalue weighted by molar-refractivity contribution is -0.117. The maximum absolute atomic E-state index is 13.4. The molecule has 1 unspecified atom stereocenters. The molecule has 30 heavy (non-hydrogen) atoms. The predicted octanol–water partition coefficient (Wildman–Crippen LogP) is 4.04. The number of nitrogens with one attached hydrogen (secondary N) is 1. The van der Waals surface area contributed by atoms with Crippen LogP contribution in [0, 0.1) is 25.2 Å². The first kappa shape index (κ1) is 21.7. The summed E-state index contributed by atoms with van der Waals surface area (Å²) in [5.74, 6) is -0.607. The lowest BCUT2D eigenvalue weighted by Crippen LogP contribution is -2.31. The molecule has 1 aliphatic heterocycles. The van der Waals surface area contributed by atoms with Gasteiger partial charge in [-0.15, -0.1) is 0 Å². The van der Waals surface area contributed by atoms with Crippen molar-refractivity contribution in [3.63, 3.8) is 0 Å². The number of amides is 2. The van der Waals surface area contributed by atoms with Crippen molar-refractivity contribution in [1.82, 2.24) is 5.32 Å². The monoisotopic (exact) mass is 419 g/mol. The molecule has 0 saturated carbocycles. The highest BCUT2D eigenvalue weighted by molar-refractivity contribution is 8.05. The van der Waals surface area contributed by atoms with Crippen molar-refractivity contribution >= 4 is 29.3 Å². The summed E-state index contributed by atoms with van der Waals surface area (Å²) in [5.41, 5.74) is 5.08. The zero-order chi connectivity index (χ0) is 21.8. The Morgan fingerprint density at radius 2 is 1.80 bits per heavy atom. The molecule has 1 atom stereocenters. The summed E-state index contributed by atoms with van der Waals surface area (Å²) in [4.78, 5) is 27.3. The minimum atomic E-state index is -0.491. The van der Waals surface area contributed by atoms with Crippen LogP contribution < -0.4 is 10.2 Å². The van der Waals surface area contributed by atoms with E-state index < -0.39 is 11.2 Å². The number of carbonyl (C=O) groups is 2. The Morgan fingerprint density at radius 3 is 2.37 bits per heavy atom. The smallest absolute Gasteiger partial charge is 0.264 e. The Labute approximate surface area is 181 Å². The SMILES string of the molecule is CCc1ccc(CC2S/C(=C(/C#N)C(=O)NC)N(c3ccc(C)c(C)c3)C2=O)cc1. The Morgan fingerprint density at radius 1 is 1.13 bits per heavy atom. The van der Waals surface area contributed by atoms with Crippen molar-refractivity contribution in [2.24, 2.45) is 0 Å². The minimum absolute atomic E-state index is 0.0436. The lowest BCUT2D eigenvalue weighted by atomic mass is 10.0. The van der Waals surface area contributed by atoms with Gasteiger partial charge in [-0.25, -0.2) is 0 Å². The number of carbonyl (C=O) groups excluding carboxylic acids is 2. The topological polar surface area (TPSA) is 73.2 Å². The molecule has 0 radical (unpaired) electrons. The molecule has 1 heterocycles. The summed E-state index contributed by atoms with van der Waals surface area (Å²) in [6, 6.07) is 15.9. The summed E-state index contributed by atoms with van der Waals surface area (Å²) in [6.45, 7) is 6.09. The number of benzene rings is 2. The molecule has 1 fully saturated rings. The molecule has 2 amide bonds. The highest BCUT2D eigenvalue weighted by atomic mass is 32.2. The fourth-order valence-corrected chi connectivity index (χ4v) is 4.65. The molecule has 2 aromatic carbocycles. The first-order chi connectivity index (χ1) is 14.4.